The van der Waals surface area contributed by atoms with E-state index >= 15 is 0 Å². The maximum Gasteiger partial charge on any atom is 0.243 e. The van der Waals surface area contributed by atoms with E-state index in [-0.39, 0.29) is 6.04 Å². The second-order valence-electron chi connectivity index (χ2n) is 5.11. The molecule has 5 nitrogen and oxygen atoms in total. The molecule has 0 fully saturated rings. The van der Waals surface area contributed by atoms with Gasteiger partial charge in [0.05, 0.1) is 24.0 Å². The molecule has 0 saturated heterocycles. The first-order chi connectivity index (χ1) is 10.7. The van der Waals surface area contributed by atoms with Crippen molar-refractivity contribution in [3.8, 4) is 5.75 Å². The molecule has 0 aliphatic rings. The summed E-state index contributed by atoms with van der Waals surface area (Å²) >= 11 is 0. The van der Waals surface area contributed by atoms with E-state index in [1.807, 2.05) is 25.1 Å². The zero-order chi connectivity index (χ0) is 15.9. The van der Waals surface area contributed by atoms with Crippen LogP contribution in [0.15, 0.2) is 24.3 Å². The van der Waals surface area contributed by atoms with Gasteiger partial charge in [0.25, 0.3) is 0 Å². The smallest absolute Gasteiger partial charge is 0.243 e. The minimum Gasteiger partial charge on any atom is -0.494 e. The number of anilines is 1. The van der Waals surface area contributed by atoms with Gasteiger partial charge in [0.2, 0.25) is 5.95 Å². The molecule has 1 aromatic carbocycles. The molecule has 0 amide bonds. The van der Waals surface area contributed by atoms with Gasteiger partial charge in [-0.3, -0.25) is 0 Å². The summed E-state index contributed by atoms with van der Waals surface area (Å²) in [5, 5.41) is 11.8. The SMILES string of the molecule is CCOc1cccc(C(C)Nc2nnc(CC)c(CC)n2)c1. The summed E-state index contributed by atoms with van der Waals surface area (Å²) in [5.74, 6) is 1.45. The molecule has 0 saturated carbocycles. The Kier molecular flexibility index (Phi) is 5.69. The molecule has 1 atom stereocenters. The number of hydrogen-bond donors (Lipinski definition) is 1. The minimum absolute atomic E-state index is 0.0828. The highest BCUT2D eigenvalue weighted by atomic mass is 16.5. The summed E-state index contributed by atoms with van der Waals surface area (Å²) in [4.78, 5) is 4.57. The van der Waals surface area contributed by atoms with Crippen LogP contribution in [0.2, 0.25) is 0 Å². The molecule has 0 aliphatic heterocycles. The highest BCUT2D eigenvalue weighted by Gasteiger charge is 2.11. The average Bonchev–Trinajstić information content (AvgIpc) is 2.55. The van der Waals surface area contributed by atoms with Gasteiger partial charge < -0.3 is 10.1 Å². The lowest BCUT2D eigenvalue weighted by Gasteiger charge is -2.16. The van der Waals surface area contributed by atoms with Crippen LogP contribution in [0.3, 0.4) is 0 Å². The van der Waals surface area contributed by atoms with Crippen molar-refractivity contribution in [2.75, 3.05) is 11.9 Å². The molecule has 118 valence electrons. The van der Waals surface area contributed by atoms with E-state index in [1.54, 1.807) is 0 Å². The number of nitrogens with one attached hydrogen (secondary N) is 1. The van der Waals surface area contributed by atoms with Crippen LogP contribution in [-0.4, -0.2) is 21.8 Å². The third-order valence-corrected chi connectivity index (χ3v) is 3.52. The fourth-order valence-corrected chi connectivity index (χ4v) is 2.32. The molecular weight excluding hydrogens is 276 g/mol. The normalized spacial score (nSPS) is 12.0. The van der Waals surface area contributed by atoms with Gasteiger partial charge in [0.1, 0.15) is 5.75 Å². The van der Waals surface area contributed by atoms with E-state index in [0.717, 1.165) is 35.5 Å². The van der Waals surface area contributed by atoms with Gasteiger partial charge in [-0.25, -0.2) is 4.98 Å². The van der Waals surface area contributed by atoms with Crippen LogP contribution in [0.4, 0.5) is 5.95 Å². The number of rotatable bonds is 7. The average molecular weight is 300 g/mol. The number of ether oxygens (including phenoxy) is 1. The molecular formula is C17H24N4O. The lowest BCUT2D eigenvalue weighted by molar-refractivity contribution is 0.340. The van der Waals surface area contributed by atoms with Gasteiger partial charge >= 0.3 is 0 Å². The second-order valence-corrected chi connectivity index (χ2v) is 5.11. The Labute approximate surface area is 132 Å². The van der Waals surface area contributed by atoms with Crippen LogP contribution in [-0.2, 0) is 12.8 Å². The summed E-state index contributed by atoms with van der Waals surface area (Å²) in [6, 6.07) is 8.14. The van der Waals surface area contributed by atoms with Crippen molar-refractivity contribution in [2.24, 2.45) is 0 Å². The number of hydrogen-bond acceptors (Lipinski definition) is 5. The number of aromatic nitrogens is 3. The highest BCUT2D eigenvalue weighted by Crippen LogP contribution is 2.21. The summed E-state index contributed by atoms with van der Waals surface area (Å²) in [6.45, 7) is 8.88. The van der Waals surface area contributed by atoms with Crippen molar-refractivity contribution >= 4 is 5.95 Å². The van der Waals surface area contributed by atoms with Crippen molar-refractivity contribution < 1.29 is 4.74 Å². The molecule has 0 bridgehead atoms. The monoisotopic (exact) mass is 300 g/mol. The third-order valence-electron chi connectivity index (χ3n) is 3.52. The molecule has 0 aliphatic carbocycles. The van der Waals surface area contributed by atoms with Crippen LogP contribution in [0.1, 0.15) is 50.7 Å². The summed E-state index contributed by atoms with van der Waals surface area (Å²) in [7, 11) is 0. The second kappa shape index (κ2) is 7.73. The van der Waals surface area contributed by atoms with Gasteiger partial charge in [-0.1, -0.05) is 26.0 Å². The largest absolute Gasteiger partial charge is 0.494 e. The third kappa shape index (κ3) is 3.93. The van der Waals surface area contributed by atoms with Crippen LogP contribution in [0.5, 0.6) is 5.75 Å². The standard InChI is InChI=1S/C17H24N4O/c1-5-15-16(6-2)20-21-17(19-15)18-12(4)13-9-8-10-14(11-13)22-7-3/h8-12H,5-7H2,1-4H3,(H,18,19,21). The Morgan fingerprint density at radius 2 is 1.86 bits per heavy atom. The van der Waals surface area contributed by atoms with Gasteiger partial charge in [0.15, 0.2) is 0 Å². The Morgan fingerprint density at radius 1 is 1.09 bits per heavy atom. The van der Waals surface area contributed by atoms with E-state index in [1.165, 1.54) is 0 Å². The molecule has 5 heteroatoms. The molecule has 22 heavy (non-hydrogen) atoms. The van der Waals surface area contributed by atoms with Crippen LogP contribution in [0.25, 0.3) is 0 Å². The summed E-state index contributed by atoms with van der Waals surface area (Å²) < 4.78 is 5.54. The minimum atomic E-state index is 0.0828. The molecule has 1 unspecified atom stereocenters. The molecule has 1 N–H and O–H groups in total. The van der Waals surface area contributed by atoms with Crippen LogP contribution in [0, 0.1) is 0 Å². The summed E-state index contributed by atoms with van der Waals surface area (Å²) in [6.07, 6.45) is 1.72. The molecule has 0 radical (unpaired) electrons. The molecule has 2 aromatic rings. The summed E-state index contributed by atoms with van der Waals surface area (Å²) in [5.41, 5.74) is 3.11. The molecule has 1 aromatic heterocycles. The Balaban J connectivity index is 2.14. The van der Waals surface area contributed by atoms with E-state index in [0.29, 0.717) is 12.6 Å². The Bertz CT molecular complexity index is 615. The van der Waals surface area contributed by atoms with E-state index in [2.05, 4.69) is 47.3 Å². The van der Waals surface area contributed by atoms with E-state index < -0.39 is 0 Å². The van der Waals surface area contributed by atoms with Gasteiger partial charge in [-0.2, -0.15) is 5.10 Å². The lowest BCUT2D eigenvalue weighted by Crippen LogP contribution is -2.13. The number of aryl methyl sites for hydroxylation is 2. The van der Waals surface area contributed by atoms with Gasteiger partial charge in [-0.15, -0.1) is 5.10 Å². The Hall–Kier alpha value is -2.17. The number of nitrogens with zero attached hydrogens (tertiary/aromatic N) is 3. The van der Waals surface area contributed by atoms with Crippen molar-refractivity contribution in [3.05, 3.63) is 41.2 Å². The quantitative estimate of drug-likeness (QED) is 0.847. The molecule has 0 spiro atoms. The highest BCUT2D eigenvalue weighted by molar-refractivity contribution is 5.36. The maximum atomic E-state index is 5.54. The fraction of sp³-hybridized carbons (Fsp3) is 0.471. The maximum absolute atomic E-state index is 5.54. The predicted octanol–water partition coefficient (Wildman–Crippen LogP) is 3.57. The van der Waals surface area contributed by atoms with Crippen molar-refractivity contribution in [1.82, 2.24) is 15.2 Å². The van der Waals surface area contributed by atoms with Crippen molar-refractivity contribution in [1.29, 1.82) is 0 Å². The topological polar surface area (TPSA) is 59.9 Å². The van der Waals surface area contributed by atoms with Crippen molar-refractivity contribution in [2.45, 2.75) is 46.6 Å². The predicted molar refractivity (Wildman–Crippen MR) is 88.2 cm³/mol. The first-order valence-electron chi connectivity index (χ1n) is 7.89. The fourth-order valence-electron chi connectivity index (χ4n) is 2.32. The van der Waals surface area contributed by atoms with E-state index in [4.69, 9.17) is 4.74 Å². The van der Waals surface area contributed by atoms with Crippen LogP contribution >= 0.6 is 0 Å². The van der Waals surface area contributed by atoms with Gasteiger partial charge in [0, 0.05) is 0 Å². The number of benzene rings is 1. The zero-order valence-electron chi connectivity index (χ0n) is 13.8. The Morgan fingerprint density at radius 3 is 2.55 bits per heavy atom. The van der Waals surface area contributed by atoms with Gasteiger partial charge in [-0.05, 0) is 44.4 Å². The van der Waals surface area contributed by atoms with Crippen LogP contribution < -0.4 is 10.1 Å². The molecule has 2 rings (SSSR count). The molecule has 1 heterocycles. The first kappa shape index (κ1) is 16.2. The lowest BCUT2D eigenvalue weighted by atomic mass is 10.1. The van der Waals surface area contributed by atoms with Crippen molar-refractivity contribution in [3.63, 3.8) is 0 Å². The van der Waals surface area contributed by atoms with E-state index in [9.17, 15) is 0 Å². The first-order valence-corrected chi connectivity index (χ1v) is 7.89. The zero-order valence-corrected chi connectivity index (χ0v) is 13.8.